The molecule has 1 rings (SSSR count). The Hall–Kier alpha value is -1.91. The quantitative estimate of drug-likeness (QED) is 0.912. The zero-order valence-corrected chi connectivity index (χ0v) is 11.2. The monoisotopic (exact) mass is 269 g/mol. The topological polar surface area (TPSA) is 38.3 Å². The largest absolute Gasteiger partial charge is 0.444 e. The van der Waals surface area contributed by atoms with E-state index in [1.165, 1.54) is 24.3 Å². The van der Waals surface area contributed by atoms with Crippen LogP contribution in [0.1, 0.15) is 26.3 Å². The number of alkyl carbamates (subject to hydrolysis) is 1. The van der Waals surface area contributed by atoms with Gasteiger partial charge in [0.25, 0.3) is 0 Å². The molecule has 5 heteroatoms. The average Bonchev–Trinajstić information content (AvgIpc) is 2.27. The van der Waals surface area contributed by atoms with Gasteiger partial charge in [0.2, 0.25) is 0 Å². The number of benzene rings is 1. The summed E-state index contributed by atoms with van der Waals surface area (Å²) in [7, 11) is 0. The molecule has 1 aromatic rings. The van der Waals surface area contributed by atoms with Gasteiger partial charge in [-0.2, -0.15) is 0 Å². The molecule has 1 aromatic carbocycles. The summed E-state index contributed by atoms with van der Waals surface area (Å²) >= 11 is 0. The van der Waals surface area contributed by atoms with Crippen LogP contribution < -0.4 is 5.32 Å². The van der Waals surface area contributed by atoms with Gasteiger partial charge in [-0.15, -0.1) is 0 Å². The zero-order valence-electron chi connectivity index (χ0n) is 11.2. The van der Waals surface area contributed by atoms with Crippen molar-refractivity contribution in [3.63, 3.8) is 0 Å². The summed E-state index contributed by atoms with van der Waals surface area (Å²) in [6.45, 7) is 5.44. The first-order chi connectivity index (χ1) is 8.79. The second-order valence-corrected chi connectivity index (χ2v) is 4.93. The smallest absolute Gasteiger partial charge is 0.407 e. The van der Waals surface area contributed by atoms with Gasteiger partial charge in [-0.3, -0.25) is 0 Å². The van der Waals surface area contributed by atoms with E-state index >= 15 is 0 Å². The zero-order chi connectivity index (χ0) is 14.5. The molecule has 0 aliphatic heterocycles. The number of carbonyl (C=O) groups is 1. The molecule has 0 saturated carbocycles. The summed E-state index contributed by atoms with van der Waals surface area (Å²) in [5, 5.41) is 2.48. The van der Waals surface area contributed by atoms with Gasteiger partial charge in [0.05, 0.1) is 0 Å². The van der Waals surface area contributed by atoms with Crippen LogP contribution in [0.4, 0.5) is 13.6 Å². The van der Waals surface area contributed by atoms with Crippen LogP contribution in [0.25, 0.3) is 6.08 Å². The summed E-state index contributed by atoms with van der Waals surface area (Å²) in [4.78, 5) is 11.3. The summed E-state index contributed by atoms with van der Waals surface area (Å²) in [5.41, 5.74) is -0.436. The molecule has 0 unspecified atom stereocenters. The van der Waals surface area contributed by atoms with Crippen molar-refractivity contribution in [2.75, 3.05) is 6.54 Å². The number of halogens is 2. The van der Waals surface area contributed by atoms with Crippen LogP contribution in [0.5, 0.6) is 0 Å². The Morgan fingerprint density at radius 2 is 2.05 bits per heavy atom. The SMILES string of the molecule is CC(C)(C)OC(=O)NCC=Cc1cccc(F)c1F. The second kappa shape index (κ2) is 6.31. The minimum atomic E-state index is -0.906. The predicted octanol–water partition coefficient (Wildman–Crippen LogP) is 3.50. The van der Waals surface area contributed by atoms with Gasteiger partial charge < -0.3 is 10.1 Å². The molecule has 0 aromatic heterocycles. The van der Waals surface area contributed by atoms with E-state index in [1.54, 1.807) is 20.8 Å². The third-order valence-corrected chi connectivity index (χ3v) is 2.04. The Morgan fingerprint density at radius 3 is 2.68 bits per heavy atom. The Kier molecular flexibility index (Phi) is 5.03. The maximum atomic E-state index is 13.3. The summed E-state index contributed by atoms with van der Waals surface area (Å²) < 4.78 is 31.2. The fraction of sp³-hybridized carbons (Fsp3) is 0.357. The van der Waals surface area contributed by atoms with Crippen LogP contribution in [0.3, 0.4) is 0 Å². The predicted molar refractivity (Wildman–Crippen MR) is 69.6 cm³/mol. The lowest BCUT2D eigenvalue weighted by atomic mass is 10.2. The number of rotatable bonds is 3. The lowest BCUT2D eigenvalue weighted by molar-refractivity contribution is 0.0534. The molecule has 1 N–H and O–H groups in total. The molecular formula is C14H17F2NO2. The number of hydrogen-bond acceptors (Lipinski definition) is 2. The Labute approximate surface area is 111 Å². The number of amides is 1. The molecule has 0 fully saturated rings. The number of ether oxygens (including phenoxy) is 1. The van der Waals surface area contributed by atoms with Crippen LogP contribution in [0.2, 0.25) is 0 Å². The lowest BCUT2D eigenvalue weighted by Gasteiger charge is -2.19. The maximum Gasteiger partial charge on any atom is 0.407 e. The molecule has 3 nitrogen and oxygen atoms in total. The fourth-order valence-corrected chi connectivity index (χ4v) is 1.29. The Balaban J connectivity index is 2.47. The first-order valence-electron chi connectivity index (χ1n) is 5.87. The summed E-state index contributed by atoms with van der Waals surface area (Å²) in [6.07, 6.45) is 2.36. The van der Waals surface area contributed by atoms with Crippen molar-refractivity contribution in [3.05, 3.63) is 41.5 Å². The minimum absolute atomic E-state index is 0.131. The molecule has 0 saturated heterocycles. The first kappa shape index (κ1) is 15.1. The van der Waals surface area contributed by atoms with E-state index in [2.05, 4.69) is 5.32 Å². The van der Waals surface area contributed by atoms with E-state index in [0.717, 1.165) is 6.07 Å². The van der Waals surface area contributed by atoms with E-state index in [-0.39, 0.29) is 12.1 Å². The third-order valence-electron chi connectivity index (χ3n) is 2.04. The molecule has 0 spiro atoms. The van der Waals surface area contributed by atoms with Crippen LogP contribution in [0, 0.1) is 11.6 Å². The molecule has 0 aliphatic rings. The van der Waals surface area contributed by atoms with Gasteiger partial charge in [-0.25, -0.2) is 13.6 Å². The lowest BCUT2D eigenvalue weighted by Crippen LogP contribution is -2.32. The molecule has 0 bridgehead atoms. The van der Waals surface area contributed by atoms with Crippen molar-refractivity contribution >= 4 is 12.2 Å². The van der Waals surface area contributed by atoms with Crippen molar-refractivity contribution in [1.82, 2.24) is 5.32 Å². The molecule has 104 valence electrons. The van der Waals surface area contributed by atoms with E-state index in [0.29, 0.717) is 0 Å². The standard InChI is InChI=1S/C14H17F2NO2/c1-14(2,3)19-13(18)17-9-5-7-10-6-4-8-11(15)12(10)16/h4-8H,9H2,1-3H3,(H,17,18). The van der Waals surface area contributed by atoms with Gasteiger partial charge in [0.15, 0.2) is 11.6 Å². The highest BCUT2D eigenvalue weighted by molar-refractivity contribution is 5.68. The van der Waals surface area contributed by atoms with Gasteiger partial charge in [-0.1, -0.05) is 24.3 Å². The van der Waals surface area contributed by atoms with Gasteiger partial charge in [-0.05, 0) is 26.8 Å². The Bertz CT molecular complexity index is 479. The van der Waals surface area contributed by atoms with Crippen molar-refractivity contribution in [2.24, 2.45) is 0 Å². The molecule has 0 radical (unpaired) electrons. The van der Waals surface area contributed by atoms with Crippen LogP contribution in [0.15, 0.2) is 24.3 Å². The highest BCUT2D eigenvalue weighted by Gasteiger charge is 2.15. The summed E-state index contributed by atoms with van der Waals surface area (Å²) in [5.74, 6) is -1.81. The van der Waals surface area contributed by atoms with Crippen molar-refractivity contribution < 1.29 is 18.3 Å². The molecular weight excluding hydrogens is 252 g/mol. The van der Waals surface area contributed by atoms with E-state index in [1.807, 2.05) is 0 Å². The Morgan fingerprint density at radius 1 is 1.37 bits per heavy atom. The van der Waals surface area contributed by atoms with Gasteiger partial charge in [0.1, 0.15) is 5.60 Å². The molecule has 0 atom stereocenters. The minimum Gasteiger partial charge on any atom is -0.444 e. The highest BCUT2D eigenvalue weighted by Crippen LogP contribution is 2.12. The van der Waals surface area contributed by atoms with Crippen LogP contribution in [-0.2, 0) is 4.74 Å². The average molecular weight is 269 g/mol. The number of hydrogen-bond donors (Lipinski definition) is 1. The van der Waals surface area contributed by atoms with Crippen molar-refractivity contribution in [3.8, 4) is 0 Å². The number of nitrogens with one attached hydrogen (secondary N) is 1. The number of carbonyl (C=O) groups excluding carboxylic acids is 1. The third kappa shape index (κ3) is 5.50. The van der Waals surface area contributed by atoms with Gasteiger partial charge in [0, 0.05) is 12.1 Å². The molecule has 0 heterocycles. The van der Waals surface area contributed by atoms with Crippen LogP contribution >= 0.6 is 0 Å². The molecule has 19 heavy (non-hydrogen) atoms. The summed E-state index contributed by atoms with van der Waals surface area (Å²) in [6, 6.07) is 3.91. The van der Waals surface area contributed by atoms with Crippen LogP contribution in [-0.4, -0.2) is 18.2 Å². The van der Waals surface area contributed by atoms with E-state index in [4.69, 9.17) is 4.74 Å². The first-order valence-corrected chi connectivity index (χ1v) is 5.87. The van der Waals surface area contributed by atoms with E-state index in [9.17, 15) is 13.6 Å². The normalized spacial score (nSPS) is 11.6. The molecule has 0 aliphatic carbocycles. The van der Waals surface area contributed by atoms with Gasteiger partial charge >= 0.3 is 6.09 Å². The van der Waals surface area contributed by atoms with Crippen molar-refractivity contribution in [1.29, 1.82) is 0 Å². The van der Waals surface area contributed by atoms with Crippen molar-refractivity contribution in [2.45, 2.75) is 26.4 Å². The van der Waals surface area contributed by atoms with E-state index < -0.39 is 23.3 Å². The maximum absolute atomic E-state index is 13.3. The fourth-order valence-electron chi connectivity index (χ4n) is 1.29. The highest BCUT2D eigenvalue weighted by atomic mass is 19.2. The molecule has 1 amide bonds. The second-order valence-electron chi connectivity index (χ2n) is 4.93.